The smallest absolute Gasteiger partial charge is 0.197 e. The summed E-state index contributed by atoms with van der Waals surface area (Å²) in [5.74, 6) is 1.14. The van der Waals surface area contributed by atoms with Crippen LogP contribution in [0.5, 0.6) is 0 Å². The quantitative estimate of drug-likeness (QED) is 0.547. The van der Waals surface area contributed by atoms with E-state index in [0.29, 0.717) is 6.04 Å². The SMILES string of the molecule is OC1CCC2CN3CCN=C3N2C1. The predicted octanol–water partition coefficient (Wildman–Crippen LogP) is -0.503. The fourth-order valence-corrected chi connectivity index (χ4v) is 2.61. The van der Waals surface area contributed by atoms with Gasteiger partial charge in [-0.1, -0.05) is 0 Å². The molecule has 0 bridgehead atoms. The number of fused-ring (bicyclic) bond motifs is 3. The molecule has 0 saturated carbocycles. The summed E-state index contributed by atoms with van der Waals surface area (Å²) in [6.45, 7) is 3.94. The minimum atomic E-state index is -0.139. The second-order valence-electron chi connectivity index (χ2n) is 4.17. The number of hydrogen-bond acceptors (Lipinski definition) is 4. The van der Waals surface area contributed by atoms with Crippen LogP contribution in [0.4, 0.5) is 0 Å². The summed E-state index contributed by atoms with van der Waals surface area (Å²) < 4.78 is 0. The van der Waals surface area contributed by atoms with Crippen molar-refractivity contribution in [2.75, 3.05) is 26.2 Å². The normalized spacial score (nSPS) is 37.5. The summed E-state index contributed by atoms with van der Waals surface area (Å²) in [7, 11) is 0. The third kappa shape index (κ3) is 1.05. The molecule has 3 rings (SSSR count). The van der Waals surface area contributed by atoms with Gasteiger partial charge in [0.1, 0.15) is 0 Å². The van der Waals surface area contributed by atoms with Crippen LogP contribution < -0.4 is 0 Å². The van der Waals surface area contributed by atoms with Gasteiger partial charge in [-0.15, -0.1) is 0 Å². The van der Waals surface area contributed by atoms with Crippen LogP contribution in [0.2, 0.25) is 0 Å². The van der Waals surface area contributed by atoms with Gasteiger partial charge in [0.25, 0.3) is 0 Å². The molecule has 2 saturated heterocycles. The van der Waals surface area contributed by atoms with Crippen molar-refractivity contribution in [2.24, 2.45) is 4.99 Å². The number of aliphatic hydroxyl groups excluding tert-OH is 1. The van der Waals surface area contributed by atoms with Gasteiger partial charge in [-0.3, -0.25) is 4.99 Å². The van der Waals surface area contributed by atoms with Crippen molar-refractivity contribution in [3.63, 3.8) is 0 Å². The second kappa shape index (κ2) is 2.61. The van der Waals surface area contributed by atoms with Gasteiger partial charge in [0.2, 0.25) is 0 Å². The third-order valence-corrected chi connectivity index (χ3v) is 3.28. The molecule has 0 spiro atoms. The molecule has 1 N–H and O–H groups in total. The molecule has 0 aromatic rings. The van der Waals surface area contributed by atoms with E-state index >= 15 is 0 Å². The Hall–Kier alpha value is -0.770. The summed E-state index contributed by atoms with van der Waals surface area (Å²) in [6.07, 6.45) is 1.94. The first-order chi connectivity index (χ1) is 6.34. The van der Waals surface area contributed by atoms with E-state index in [4.69, 9.17) is 0 Å². The van der Waals surface area contributed by atoms with Crippen molar-refractivity contribution >= 4 is 5.96 Å². The average Bonchev–Trinajstić information content (AvgIpc) is 2.64. The molecule has 4 nitrogen and oxygen atoms in total. The van der Waals surface area contributed by atoms with Crippen molar-refractivity contribution in [2.45, 2.75) is 25.0 Å². The van der Waals surface area contributed by atoms with Gasteiger partial charge >= 0.3 is 0 Å². The zero-order chi connectivity index (χ0) is 8.84. The van der Waals surface area contributed by atoms with E-state index in [1.807, 2.05) is 0 Å². The topological polar surface area (TPSA) is 39.1 Å². The highest BCUT2D eigenvalue weighted by Gasteiger charge is 2.40. The molecule has 0 aromatic carbocycles. The Labute approximate surface area is 77.9 Å². The Balaban J connectivity index is 1.84. The summed E-state index contributed by atoms with van der Waals surface area (Å²) in [5, 5.41) is 9.56. The lowest BCUT2D eigenvalue weighted by Gasteiger charge is -2.32. The highest BCUT2D eigenvalue weighted by atomic mass is 16.3. The molecule has 0 aromatic heterocycles. The molecule has 0 amide bonds. The van der Waals surface area contributed by atoms with Gasteiger partial charge in [-0.05, 0) is 12.8 Å². The van der Waals surface area contributed by atoms with Gasteiger partial charge < -0.3 is 14.9 Å². The lowest BCUT2D eigenvalue weighted by molar-refractivity contribution is 0.0837. The van der Waals surface area contributed by atoms with Crippen LogP contribution in [0.25, 0.3) is 0 Å². The van der Waals surface area contributed by atoms with Crippen LogP contribution in [0, 0.1) is 0 Å². The zero-order valence-electron chi connectivity index (χ0n) is 7.69. The van der Waals surface area contributed by atoms with Crippen molar-refractivity contribution in [1.29, 1.82) is 0 Å². The fourth-order valence-electron chi connectivity index (χ4n) is 2.61. The number of rotatable bonds is 0. The Morgan fingerprint density at radius 2 is 2.23 bits per heavy atom. The molecule has 4 heteroatoms. The van der Waals surface area contributed by atoms with Gasteiger partial charge in [-0.25, -0.2) is 0 Å². The maximum absolute atomic E-state index is 9.56. The predicted molar refractivity (Wildman–Crippen MR) is 49.6 cm³/mol. The van der Waals surface area contributed by atoms with Crippen LogP contribution in [-0.2, 0) is 0 Å². The summed E-state index contributed by atoms with van der Waals surface area (Å²) in [4.78, 5) is 9.12. The van der Waals surface area contributed by atoms with Crippen LogP contribution in [0.15, 0.2) is 4.99 Å². The van der Waals surface area contributed by atoms with E-state index in [1.54, 1.807) is 0 Å². The zero-order valence-corrected chi connectivity index (χ0v) is 7.69. The lowest BCUT2D eigenvalue weighted by Crippen LogP contribution is -2.44. The van der Waals surface area contributed by atoms with Gasteiger partial charge in [0, 0.05) is 25.7 Å². The fraction of sp³-hybridized carbons (Fsp3) is 0.889. The van der Waals surface area contributed by atoms with Gasteiger partial charge in [0.15, 0.2) is 5.96 Å². The third-order valence-electron chi connectivity index (χ3n) is 3.28. The minimum absolute atomic E-state index is 0.139. The molecule has 3 aliphatic heterocycles. The molecule has 0 aliphatic carbocycles. The molecule has 13 heavy (non-hydrogen) atoms. The molecule has 3 aliphatic rings. The molecule has 3 heterocycles. The Morgan fingerprint density at radius 1 is 1.31 bits per heavy atom. The van der Waals surface area contributed by atoms with Crippen LogP contribution in [0.3, 0.4) is 0 Å². The van der Waals surface area contributed by atoms with Crippen molar-refractivity contribution in [1.82, 2.24) is 9.80 Å². The number of aliphatic imine (C=N–C) groups is 1. The van der Waals surface area contributed by atoms with Crippen molar-refractivity contribution in [3.8, 4) is 0 Å². The molecular formula is C9H15N3O. The molecular weight excluding hydrogens is 166 g/mol. The van der Waals surface area contributed by atoms with E-state index in [9.17, 15) is 5.11 Å². The Kier molecular flexibility index (Phi) is 1.53. The van der Waals surface area contributed by atoms with Crippen molar-refractivity contribution < 1.29 is 5.11 Å². The number of nitrogens with zero attached hydrogens (tertiary/aromatic N) is 3. The number of piperidine rings is 1. The number of hydrogen-bond donors (Lipinski definition) is 1. The molecule has 2 unspecified atom stereocenters. The molecule has 0 radical (unpaired) electrons. The maximum Gasteiger partial charge on any atom is 0.197 e. The summed E-state index contributed by atoms with van der Waals surface area (Å²) in [5.41, 5.74) is 0. The van der Waals surface area contributed by atoms with Crippen molar-refractivity contribution in [3.05, 3.63) is 0 Å². The lowest BCUT2D eigenvalue weighted by atomic mass is 10.0. The van der Waals surface area contributed by atoms with E-state index in [1.165, 1.54) is 0 Å². The van der Waals surface area contributed by atoms with Gasteiger partial charge in [-0.2, -0.15) is 0 Å². The first kappa shape index (κ1) is 7.62. The van der Waals surface area contributed by atoms with E-state index in [2.05, 4.69) is 14.8 Å². The highest BCUT2D eigenvalue weighted by molar-refractivity contribution is 5.84. The van der Waals surface area contributed by atoms with E-state index in [-0.39, 0.29) is 6.10 Å². The Morgan fingerprint density at radius 3 is 3.15 bits per heavy atom. The second-order valence-corrected chi connectivity index (χ2v) is 4.17. The van der Waals surface area contributed by atoms with Gasteiger partial charge in [0.05, 0.1) is 12.6 Å². The Bertz CT molecular complexity index is 253. The average molecular weight is 181 g/mol. The highest BCUT2D eigenvalue weighted by Crippen LogP contribution is 2.27. The van der Waals surface area contributed by atoms with E-state index in [0.717, 1.165) is 45.0 Å². The number of guanidine groups is 1. The van der Waals surface area contributed by atoms with E-state index < -0.39 is 0 Å². The largest absolute Gasteiger partial charge is 0.391 e. The minimum Gasteiger partial charge on any atom is -0.391 e. The van der Waals surface area contributed by atoms with Crippen LogP contribution in [0.1, 0.15) is 12.8 Å². The first-order valence-corrected chi connectivity index (χ1v) is 5.09. The molecule has 72 valence electrons. The standard InChI is InChI=1S/C9H15N3O/c13-8-2-1-7-5-11-4-3-10-9(11)12(7)6-8/h7-8,13H,1-6H2. The summed E-state index contributed by atoms with van der Waals surface area (Å²) in [6, 6.07) is 0.627. The van der Waals surface area contributed by atoms with Crippen LogP contribution >= 0.6 is 0 Å². The number of aliphatic hydroxyl groups is 1. The molecule has 2 fully saturated rings. The first-order valence-electron chi connectivity index (χ1n) is 5.09. The monoisotopic (exact) mass is 181 g/mol. The maximum atomic E-state index is 9.56. The summed E-state index contributed by atoms with van der Waals surface area (Å²) >= 11 is 0. The molecule has 2 atom stereocenters. The van der Waals surface area contributed by atoms with Crippen LogP contribution in [-0.4, -0.2) is 59.2 Å².